The molecule has 0 bridgehead atoms. The molecule has 0 amide bonds. The van der Waals surface area contributed by atoms with Crippen molar-refractivity contribution in [1.29, 1.82) is 0 Å². The second-order valence-electron chi connectivity index (χ2n) is 4.21. The fourth-order valence-electron chi connectivity index (χ4n) is 1.87. The highest BCUT2D eigenvalue weighted by molar-refractivity contribution is 9.10. The van der Waals surface area contributed by atoms with Gasteiger partial charge in [-0.2, -0.15) is 5.10 Å². The minimum atomic E-state index is -1.04. The number of pyridine rings is 2. The number of carboxylic acids is 1. The van der Waals surface area contributed by atoms with Gasteiger partial charge in [0, 0.05) is 34.8 Å². The summed E-state index contributed by atoms with van der Waals surface area (Å²) in [7, 11) is 0. The van der Waals surface area contributed by atoms with Gasteiger partial charge in [0.25, 0.3) is 0 Å². The zero-order valence-electron chi connectivity index (χ0n) is 10.6. The number of nitrogens with zero attached hydrogens (tertiary/aromatic N) is 4. The average Bonchev–Trinajstić information content (AvgIpc) is 2.94. The normalized spacial score (nSPS) is 10.5. The van der Waals surface area contributed by atoms with Gasteiger partial charge in [-0.3, -0.25) is 4.98 Å². The smallest absolute Gasteiger partial charge is 0.339 e. The van der Waals surface area contributed by atoms with Gasteiger partial charge in [-0.1, -0.05) is 0 Å². The summed E-state index contributed by atoms with van der Waals surface area (Å²) < 4.78 is 2.29. The maximum Gasteiger partial charge on any atom is 0.339 e. The maximum atomic E-state index is 11.4. The van der Waals surface area contributed by atoms with Crippen molar-refractivity contribution in [1.82, 2.24) is 19.7 Å². The van der Waals surface area contributed by atoms with Gasteiger partial charge >= 0.3 is 5.97 Å². The Labute approximate surface area is 128 Å². The standard InChI is InChI=1S/C14H9BrN4O2/c15-10-1-2-12(17-7-10)19-8-11(14(20)21)13(18-19)9-3-5-16-6-4-9/h1-8H,(H,20,21). The maximum absolute atomic E-state index is 11.4. The summed E-state index contributed by atoms with van der Waals surface area (Å²) in [4.78, 5) is 19.5. The van der Waals surface area contributed by atoms with E-state index in [1.165, 1.54) is 10.9 Å². The predicted molar refractivity (Wildman–Crippen MR) is 79.2 cm³/mol. The summed E-state index contributed by atoms with van der Waals surface area (Å²) in [6.45, 7) is 0. The van der Waals surface area contributed by atoms with E-state index in [4.69, 9.17) is 0 Å². The van der Waals surface area contributed by atoms with Gasteiger partial charge in [-0.15, -0.1) is 0 Å². The van der Waals surface area contributed by atoms with Gasteiger partial charge in [0.15, 0.2) is 5.82 Å². The van der Waals surface area contributed by atoms with Crippen molar-refractivity contribution in [3.8, 4) is 17.1 Å². The van der Waals surface area contributed by atoms with Gasteiger partial charge in [0.2, 0.25) is 0 Å². The van der Waals surface area contributed by atoms with E-state index < -0.39 is 5.97 Å². The molecule has 3 aromatic heterocycles. The van der Waals surface area contributed by atoms with Crippen LogP contribution in [0.3, 0.4) is 0 Å². The molecule has 0 aliphatic heterocycles. The minimum Gasteiger partial charge on any atom is -0.478 e. The van der Waals surface area contributed by atoms with Gasteiger partial charge < -0.3 is 5.11 Å². The van der Waals surface area contributed by atoms with E-state index in [9.17, 15) is 9.90 Å². The zero-order valence-corrected chi connectivity index (χ0v) is 12.2. The lowest BCUT2D eigenvalue weighted by Crippen LogP contribution is -1.97. The number of carboxylic acid groups (broad SMARTS) is 1. The van der Waals surface area contributed by atoms with E-state index in [1.54, 1.807) is 36.8 Å². The molecule has 7 heteroatoms. The number of carbonyl (C=O) groups is 1. The predicted octanol–water partition coefficient (Wildman–Crippen LogP) is 2.79. The molecule has 0 aliphatic rings. The Morgan fingerprint density at radius 2 is 1.95 bits per heavy atom. The average molecular weight is 345 g/mol. The first kappa shape index (κ1) is 13.4. The first-order valence-electron chi connectivity index (χ1n) is 6.00. The van der Waals surface area contributed by atoms with Crippen molar-refractivity contribution >= 4 is 21.9 Å². The molecule has 3 rings (SSSR count). The summed E-state index contributed by atoms with van der Waals surface area (Å²) >= 11 is 3.30. The fraction of sp³-hybridized carbons (Fsp3) is 0. The first-order chi connectivity index (χ1) is 10.1. The highest BCUT2D eigenvalue weighted by Crippen LogP contribution is 2.23. The third-order valence-electron chi connectivity index (χ3n) is 2.84. The van der Waals surface area contributed by atoms with Crippen LogP contribution < -0.4 is 0 Å². The van der Waals surface area contributed by atoms with E-state index in [-0.39, 0.29) is 5.56 Å². The fourth-order valence-corrected chi connectivity index (χ4v) is 2.11. The van der Waals surface area contributed by atoms with Crippen molar-refractivity contribution in [3.63, 3.8) is 0 Å². The zero-order chi connectivity index (χ0) is 14.8. The van der Waals surface area contributed by atoms with E-state index in [0.29, 0.717) is 17.1 Å². The van der Waals surface area contributed by atoms with E-state index in [0.717, 1.165) is 4.47 Å². The monoisotopic (exact) mass is 344 g/mol. The molecular formula is C14H9BrN4O2. The molecule has 0 saturated heterocycles. The van der Waals surface area contributed by atoms with Crippen LogP contribution in [0.25, 0.3) is 17.1 Å². The molecule has 0 atom stereocenters. The van der Waals surface area contributed by atoms with Crippen LogP contribution in [0.5, 0.6) is 0 Å². The number of hydrogen-bond donors (Lipinski definition) is 1. The van der Waals surface area contributed by atoms with Gasteiger partial charge in [-0.25, -0.2) is 14.5 Å². The molecule has 0 aliphatic carbocycles. The van der Waals surface area contributed by atoms with Crippen molar-refractivity contribution in [2.45, 2.75) is 0 Å². The van der Waals surface area contributed by atoms with Crippen molar-refractivity contribution in [3.05, 3.63) is 59.1 Å². The van der Waals surface area contributed by atoms with E-state index in [2.05, 4.69) is 31.0 Å². The van der Waals surface area contributed by atoms with Gasteiger partial charge in [0.1, 0.15) is 11.3 Å². The Kier molecular flexibility index (Phi) is 3.49. The summed E-state index contributed by atoms with van der Waals surface area (Å²) in [5.74, 6) is -0.494. The molecule has 0 spiro atoms. The third-order valence-corrected chi connectivity index (χ3v) is 3.31. The summed E-state index contributed by atoms with van der Waals surface area (Å²) in [5, 5.41) is 13.7. The van der Waals surface area contributed by atoms with Crippen LogP contribution in [0.1, 0.15) is 10.4 Å². The molecule has 0 saturated carbocycles. The molecule has 1 N–H and O–H groups in total. The lowest BCUT2D eigenvalue weighted by atomic mass is 10.1. The van der Waals surface area contributed by atoms with Gasteiger partial charge in [0.05, 0.1) is 0 Å². The van der Waals surface area contributed by atoms with Crippen LogP contribution in [0.15, 0.2) is 53.5 Å². The lowest BCUT2D eigenvalue weighted by Gasteiger charge is -1.99. The molecule has 3 heterocycles. The largest absolute Gasteiger partial charge is 0.478 e. The summed E-state index contributed by atoms with van der Waals surface area (Å²) in [6, 6.07) is 7.00. The molecule has 6 nitrogen and oxygen atoms in total. The van der Waals surface area contributed by atoms with Crippen LogP contribution >= 0.6 is 15.9 Å². The molecule has 0 unspecified atom stereocenters. The van der Waals surface area contributed by atoms with Crippen LogP contribution in [0.4, 0.5) is 0 Å². The van der Waals surface area contributed by atoms with Crippen LogP contribution in [-0.2, 0) is 0 Å². The topological polar surface area (TPSA) is 80.9 Å². The number of aromatic carboxylic acids is 1. The number of hydrogen-bond acceptors (Lipinski definition) is 4. The Morgan fingerprint density at radius 1 is 1.19 bits per heavy atom. The second kappa shape index (κ2) is 5.45. The molecule has 104 valence electrons. The van der Waals surface area contributed by atoms with E-state index in [1.807, 2.05) is 6.07 Å². The summed E-state index contributed by atoms with van der Waals surface area (Å²) in [5.41, 5.74) is 1.19. The number of rotatable bonds is 3. The number of aromatic nitrogens is 4. The molecule has 21 heavy (non-hydrogen) atoms. The number of halogens is 1. The molecular weight excluding hydrogens is 336 g/mol. The second-order valence-corrected chi connectivity index (χ2v) is 5.13. The summed E-state index contributed by atoms with van der Waals surface area (Å²) in [6.07, 6.45) is 6.27. The first-order valence-corrected chi connectivity index (χ1v) is 6.80. The molecule has 0 fully saturated rings. The highest BCUT2D eigenvalue weighted by atomic mass is 79.9. The molecule has 3 aromatic rings. The molecule has 0 radical (unpaired) electrons. The van der Waals surface area contributed by atoms with Crippen LogP contribution in [0, 0.1) is 0 Å². The van der Waals surface area contributed by atoms with Crippen LogP contribution in [-0.4, -0.2) is 30.8 Å². The Balaban J connectivity index is 2.13. The lowest BCUT2D eigenvalue weighted by molar-refractivity contribution is 0.0697. The van der Waals surface area contributed by atoms with Crippen molar-refractivity contribution < 1.29 is 9.90 Å². The Morgan fingerprint density at radius 3 is 2.57 bits per heavy atom. The van der Waals surface area contributed by atoms with Crippen molar-refractivity contribution in [2.75, 3.05) is 0 Å². The highest BCUT2D eigenvalue weighted by Gasteiger charge is 2.18. The van der Waals surface area contributed by atoms with Crippen molar-refractivity contribution in [2.24, 2.45) is 0 Å². The SMILES string of the molecule is O=C(O)c1cn(-c2ccc(Br)cn2)nc1-c1ccncc1. The minimum absolute atomic E-state index is 0.117. The van der Waals surface area contributed by atoms with Gasteiger partial charge in [-0.05, 0) is 40.2 Å². The Bertz CT molecular complexity index is 784. The quantitative estimate of drug-likeness (QED) is 0.789. The van der Waals surface area contributed by atoms with E-state index >= 15 is 0 Å². The third kappa shape index (κ3) is 2.68. The Hall–Kier alpha value is -2.54. The van der Waals surface area contributed by atoms with Crippen LogP contribution in [0.2, 0.25) is 0 Å². The molecule has 0 aromatic carbocycles.